The van der Waals surface area contributed by atoms with E-state index in [2.05, 4.69) is 33.0 Å². The third-order valence-electron chi connectivity index (χ3n) is 3.55. The van der Waals surface area contributed by atoms with Gasteiger partial charge in [0.15, 0.2) is 0 Å². The summed E-state index contributed by atoms with van der Waals surface area (Å²) >= 11 is 0. The quantitative estimate of drug-likeness (QED) is 0.777. The van der Waals surface area contributed by atoms with Gasteiger partial charge < -0.3 is 14.8 Å². The predicted octanol–water partition coefficient (Wildman–Crippen LogP) is 2.45. The number of hydrogen-bond donors (Lipinski definition) is 1. The molecule has 0 aromatic carbocycles. The Labute approximate surface area is 106 Å². The van der Waals surface area contributed by atoms with Crippen LogP contribution in [0.25, 0.3) is 0 Å². The molecule has 1 saturated heterocycles. The second kappa shape index (κ2) is 6.72. The Bertz CT molecular complexity index is 213. The van der Waals surface area contributed by atoms with Gasteiger partial charge in [0.2, 0.25) is 0 Å². The van der Waals surface area contributed by atoms with Crippen LogP contribution in [0.2, 0.25) is 0 Å². The van der Waals surface area contributed by atoms with Crippen molar-refractivity contribution < 1.29 is 9.47 Å². The van der Waals surface area contributed by atoms with E-state index in [1.165, 1.54) is 6.42 Å². The molecular formula is C14H29NO2. The van der Waals surface area contributed by atoms with E-state index < -0.39 is 0 Å². The first-order valence-corrected chi connectivity index (χ1v) is 6.79. The third kappa shape index (κ3) is 4.94. The maximum atomic E-state index is 5.88. The lowest BCUT2D eigenvalue weighted by molar-refractivity contribution is 0.00672. The van der Waals surface area contributed by atoms with Crippen LogP contribution >= 0.6 is 0 Å². The lowest BCUT2D eigenvalue weighted by Crippen LogP contribution is -2.39. The van der Waals surface area contributed by atoms with Crippen LogP contribution < -0.4 is 5.32 Å². The first kappa shape index (κ1) is 14.9. The molecule has 0 amide bonds. The summed E-state index contributed by atoms with van der Waals surface area (Å²) in [6.07, 6.45) is 2.65. The van der Waals surface area contributed by atoms with Crippen molar-refractivity contribution in [3.63, 3.8) is 0 Å². The van der Waals surface area contributed by atoms with Crippen LogP contribution in [0, 0.1) is 11.3 Å². The zero-order valence-electron chi connectivity index (χ0n) is 12.1. The Hall–Kier alpha value is -0.120. The van der Waals surface area contributed by atoms with E-state index in [0.717, 1.165) is 26.2 Å². The number of rotatable bonds is 6. The molecule has 1 unspecified atom stereocenters. The molecule has 1 heterocycles. The fourth-order valence-corrected chi connectivity index (χ4v) is 2.55. The van der Waals surface area contributed by atoms with Gasteiger partial charge in [-0.15, -0.1) is 0 Å². The third-order valence-corrected chi connectivity index (χ3v) is 3.55. The molecule has 1 fully saturated rings. The molecule has 0 aliphatic carbocycles. The van der Waals surface area contributed by atoms with Crippen LogP contribution in [-0.2, 0) is 9.47 Å². The van der Waals surface area contributed by atoms with Gasteiger partial charge in [-0.25, -0.2) is 0 Å². The average molecular weight is 243 g/mol. The van der Waals surface area contributed by atoms with Crippen molar-refractivity contribution >= 4 is 0 Å². The fourth-order valence-electron chi connectivity index (χ4n) is 2.55. The zero-order valence-corrected chi connectivity index (χ0v) is 12.1. The summed E-state index contributed by atoms with van der Waals surface area (Å²) in [5, 5.41) is 3.60. The molecule has 17 heavy (non-hydrogen) atoms. The largest absolute Gasteiger partial charge is 0.385 e. The molecule has 0 aromatic heterocycles. The first-order valence-electron chi connectivity index (χ1n) is 6.79. The summed E-state index contributed by atoms with van der Waals surface area (Å²) in [7, 11) is 1.76. The Balaban J connectivity index is 2.30. The van der Waals surface area contributed by atoms with Gasteiger partial charge in [0, 0.05) is 38.8 Å². The zero-order chi connectivity index (χ0) is 12.9. The van der Waals surface area contributed by atoms with Crippen molar-refractivity contribution in [1.82, 2.24) is 5.32 Å². The summed E-state index contributed by atoms with van der Waals surface area (Å²) in [6.45, 7) is 11.8. The molecular weight excluding hydrogens is 214 g/mol. The van der Waals surface area contributed by atoms with Crippen LogP contribution in [0.1, 0.15) is 40.5 Å². The van der Waals surface area contributed by atoms with Gasteiger partial charge >= 0.3 is 0 Å². The van der Waals surface area contributed by atoms with E-state index in [-0.39, 0.29) is 5.41 Å². The van der Waals surface area contributed by atoms with Gasteiger partial charge in [0.25, 0.3) is 0 Å². The molecule has 1 N–H and O–H groups in total. The molecule has 3 atom stereocenters. The van der Waals surface area contributed by atoms with Crippen molar-refractivity contribution in [2.24, 2.45) is 11.3 Å². The van der Waals surface area contributed by atoms with Gasteiger partial charge in [-0.1, -0.05) is 20.8 Å². The molecule has 0 bridgehead atoms. The Kier molecular flexibility index (Phi) is 5.90. The summed E-state index contributed by atoms with van der Waals surface area (Å²) in [5.41, 5.74) is 0.249. The van der Waals surface area contributed by atoms with Crippen LogP contribution in [-0.4, -0.2) is 39.0 Å². The van der Waals surface area contributed by atoms with E-state index in [9.17, 15) is 0 Å². The van der Waals surface area contributed by atoms with Crippen LogP contribution in [0.4, 0.5) is 0 Å². The average Bonchev–Trinajstić information content (AvgIpc) is 2.71. The molecule has 0 radical (unpaired) electrons. The molecule has 3 nitrogen and oxygen atoms in total. The van der Waals surface area contributed by atoms with E-state index in [0.29, 0.717) is 18.1 Å². The second-order valence-corrected chi connectivity index (χ2v) is 6.30. The molecule has 0 aromatic rings. The maximum absolute atomic E-state index is 5.88. The Morgan fingerprint density at radius 2 is 2.12 bits per heavy atom. The topological polar surface area (TPSA) is 30.5 Å². The second-order valence-electron chi connectivity index (χ2n) is 6.30. The van der Waals surface area contributed by atoms with Crippen LogP contribution in [0.5, 0.6) is 0 Å². The highest BCUT2D eigenvalue weighted by Gasteiger charge is 2.36. The molecule has 102 valence electrons. The molecule has 1 aliphatic heterocycles. The summed E-state index contributed by atoms with van der Waals surface area (Å²) in [6, 6.07) is 0.524. The minimum atomic E-state index is 0.249. The number of nitrogens with one attached hydrogen (secondary N) is 1. The number of ether oxygens (including phenoxy) is 2. The summed E-state index contributed by atoms with van der Waals surface area (Å²) in [4.78, 5) is 0. The van der Waals surface area contributed by atoms with Crippen molar-refractivity contribution in [3.8, 4) is 0 Å². The molecule has 1 aliphatic rings. The molecule has 0 spiro atoms. The minimum absolute atomic E-state index is 0.249. The van der Waals surface area contributed by atoms with E-state index in [1.807, 2.05) is 0 Å². The van der Waals surface area contributed by atoms with Gasteiger partial charge in [-0.05, 0) is 25.2 Å². The Morgan fingerprint density at radius 1 is 1.41 bits per heavy atom. The Morgan fingerprint density at radius 3 is 2.71 bits per heavy atom. The molecule has 3 heteroatoms. The van der Waals surface area contributed by atoms with Gasteiger partial charge in [-0.3, -0.25) is 0 Å². The van der Waals surface area contributed by atoms with Gasteiger partial charge in [0.05, 0.1) is 6.10 Å². The van der Waals surface area contributed by atoms with E-state index in [1.54, 1.807) is 7.11 Å². The monoisotopic (exact) mass is 243 g/mol. The lowest BCUT2D eigenvalue weighted by atomic mass is 9.81. The van der Waals surface area contributed by atoms with Gasteiger partial charge in [0.1, 0.15) is 0 Å². The smallest absolute Gasteiger partial charge is 0.0664 e. The summed E-state index contributed by atoms with van der Waals surface area (Å²) in [5.74, 6) is 0.653. The highest BCUT2D eigenvalue weighted by molar-refractivity contribution is 4.87. The van der Waals surface area contributed by atoms with Gasteiger partial charge in [-0.2, -0.15) is 0 Å². The van der Waals surface area contributed by atoms with Crippen molar-refractivity contribution in [2.75, 3.05) is 26.9 Å². The maximum Gasteiger partial charge on any atom is 0.0664 e. The van der Waals surface area contributed by atoms with E-state index >= 15 is 0 Å². The first-order chi connectivity index (χ1) is 7.95. The number of methoxy groups -OCH3 is 1. The van der Waals surface area contributed by atoms with Crippen molar-refractivity contribution in [2.45, 2.75) is 52.7 Å². The highest BCUT2D eigenvalue weighted by atomic mass is 16.5. The normalized spacial score (nSPS) is 27.4. The predicted molar refractivity (Wildman–Crippen MR) is 71.3 cm³/mol. The fraction of sp³-hybridized carbons (Fsp3) is 1.00. The standard InChI is InChI=1S/C14H29NO2/c1-11(6-8-16-5)15-10-12-7-9-17-13(12)14(2,3)4/h11-13,15H,6-10H2,1-5H3/t11?,12-,13+/m1/s1. The molecule has 1 rings (SSSR count). The van der Waals surface area contributed by atoms with E-state index in [4.69, 9.17) is 9.47 Å². The van der Waals surface area contributed by atoms with Crippen molar-refractivity contribution in [1.29, 1.82) is 0 Å². The summed E-state index contributed by atoms with van der Waals surface area (Å²) < 4.78 is 11.0. The van der Waals surface area contributed by atoms with Crippen LogP contribution in [0.15, 0.2) is 0 Å². The van der Waals surface area contributed by atoms with Crippen LogP contribution in [0.3, 0.4) is 0 Å². The highest BCUT2D eigenvalue weighted by Crippen LogP contribution is 2.34. The molecule has 0 saturated carbocycles. The lowest BCUT2D eigenvalue weighted by Gasteiger charge is -2.31. The van der Waals surface area contributed by atoms with Crippen molar-refractivity contribution in [3.05, 3.63) is 0 Å². The SMILES string of the molecule is COCCC(C)NC[C@H]1CCO[C@@H]1C(C)(C)C. The number of hydrogen-bond acceptors (Lipinski definition) is 3. The minimum Gasteiger partial charge on any atom is -0.385 e.